The van der Waals surface area contributed by atoms with Crippen molar-refractivity contribution in [3.63, 3.8) is 0 Å². The first-order valence-electron chi connectivity index (χ1n) is 8.75. The number of rotatable bonds is 9. The van der Waals surface area contributed by atoms with E-state index in [2.05, 4.69) is 22.4 Å². The number of nitrogens with zero attached hydrogens (tertiary/aromatic N) is 1. The van der Waals surface area contributed by atoms with E-state index in [1.165, 1.54) is 5.56 Å². The first-order valence-corrected chi connectivity index (χ1v) is 9.56. The van der Waals surface area contributed by atoms with Crippen LogP contribution in [0.5, 0.6) is 17.2 Å². The summed E-state index contributed by atoms with van der Waals surface area (Å²) >= 11 is 1.68. The third kappa shape index (κ3) is 4.78. The molecule has 0 spiro atoms. The molecule has 0 saturated heterocycles. The van der Waals surface area contributed by atoms with E-state index >= 15 is 0 Å². The normalized spacial score (nSPS) is 10.6. The Morgan fingerprint density at radius 1 is 0.926 bits per heavy atom. The minimum Gasteiger partial charge on any atom is -0.496 e. The third-order valence-corrected chi connectivity index (χ3v) is 5.27. The number of methoxy groups -OCH3 is 3. The van der Waals surface area contributed by atoms with Crippen LogP contribution in [0, 0.1) is 0 Å². The Hall–Kier alpha value is -2.57. The molecular weight excluding hydrogens is 360 g/mol. The predicted octanol–water partition coefficient (Wildman–Crippen LogP) is 4.17. The quantitative estimate of drug-likeness (QED) is 0.561. The van der Waals surface area contributed by atoms with E-state index in [0.29, 0.717) is 0 Å². The van der Waals surface area contributed by atoms with Gasteiger partial charge in [-0.3, -0.25) is 0 Å². The Kier molecular flexibility index (Phi) is 6.68. The van der Waals surface area contributed by atoms with Crippen molar-refractivity contribution in [3.8, 4) is 27.7 Å². The molecule has 0 bridgehead atoms. The molecular formula is C21H24N2O3S. The molecule has 0 radical (unpaired) electrons. The molecule has 0 amide bonds. The number of nitrogens with one attached hydrogen (secondary N) is 1. The summed E-state index contributed by atoms with van der Waals surface area (Å²) in [4.78, 5) is 5.64. The fraction of sp³-hybridized carbons (Fsp3) is 0.286. The number of hydrogen-bond acceptors (Lipinski definition) is 6. The molecule has 0 aliphatic carbocycles. The van der Waals surface area contributed by atoms with Crippen LogP contribution in [0.2, 0.25) is 0 Å². The maximum Gasteiger partial charge on any atom is 0.160 e. The largest absolute Gasteiger partial charge is 0.496 e. The molecule has 0 atom stereocenters. The molecule has 1 N–H and O–H groups in total. The van der Waals surface area contributed by atoms with E-state index < -0.39 is 0 Å². The van der Waals surface area contributed by atoms with E-state index in [0.717, 1.165) is 52.2 Å². The minimum absolute atomic E-state index is 0.743. The van der Waals surface area contributed by atoms with Gasteiger partial charge in [-0.2, -0.15) is 0 Å². The van der Waals surface area contributed by atoms with E-state index in [4.69, 9.17) is 14.2 Å². The molecule has 0 aliphatic heterocycles. The van der Waals surface area contributed by atoms with Gasteiger partial charge in [0, 0.05) is 18.3 Å². The lowest BCUT2D eigenvalue weighted by atomic mass is 10.1. The SMILES string of the molecule is COc1ccc(CCNCc2ncc(-c3ccccc3OC)s2)cc1OC. The maximum absolute atomic E-state index is 5.44. The molecule has 0 saturated carbocycles. The predicted molar refractivity (Wildman–Crippen MR) is 109 cm³/mol. The molecule has 5 nitrogen and oxygen atoms in total. The molecule has 1 heterocycles. The zero-order chi connectivity index (χ0) is 19.1. The summed E-state index contributed by atoms with van der Waals surface area (Å²) in [5, 5.41) is 4.51. The molecule has 1 aromatic heterocycles. The van der Waals surface area contributed by atoms with Crippen LogP contribution in [0.25, 0.3) is 10.4 Å². The molecule has 3 aromatic rings. The Bertz CT molecular complexity index is 879. The highest BCUT2D eigenvalue weighted by molar-refractivity contribution is 7.15. The number of ether oxygens (including phenoxy) is 3. The van der Waals surface area contributed by atoms with Crippen LogP contribution in [-0.4, -0.2) is 32.9 Å². The van der Waals surface area contributed by atoms with Crippen LogP contribution in [-0.2, 0) is 13.0 Å². The zero-order valence-electron chi connectivity index (χ0n) is 15.8. The molecule has 142 valence electrons. The van der Waals surface area contributed by atoms with Crippen molar-refractivity contribution < 1.29 is 14.2 Å². The average Bonchev–Trinajstić information content (AvgIpc) is 3.19. The summed E-state index contributed by atoms with van der Waals surface area (Å²) in [6, 6.07) is 14.0. The van der Waals surface area contributed by atoms with Gasteiger partial charge in [-0.15, -0.1) is 11.3 Å². The second kappa shape index (κ2) is 9.39. The average molecular weight is 385 g/mol. The minimum atomic E-state index is 0.743. The van der Waals surface area contributed by atoms with Crippen LogP contribution in [0.1, 0.15) is 10.6 Å². The number of thiazole rings is 1. The summed E-state index contributed by atoms with van der Waals surface area (Å²) in [5.41, 5.74) is 2.28. The zero-order valence-corrected chi connectivity index (χ0v) is 16.6. The van der Waals surface area contributed by atoms with Gasteiger partial charge < -0.3 is 19.5 Å². The van der Waals surface area contributed by atoms with Crippen LogP contribution >= 0.6 is 11.3 Å². The van der Waals surface area contributed by atoms with E-state index in [1.807, 2.05) is 36.5 Å². The van der Waals surface area contributed by atoms with Gasteiger partial charge in [0.05, 0.1) is 26.2 Å². The van der Waals surface area contributed by atoms with Crippen LogP contribution in [0.4, 0.5) is 0 Å². The fourth-order valence-corrected chi connectivity index (χ4v) is 3.75. The smallest absolute Gasteiger partial charge is 0.160 e. The lowest BCUT2D eigenvalue weighted by Crippen LogP contribution is -2.16. The second-order valence-electron chi connectivity index (χ2n) is 5.93. The molecule has 3 rings (SSSR count). The van der Waals surface area contributed by atoms with Crippen molar-refractivity contribution in [2.45, 2.75) is 13.0 Å². The number of para-hydroxylation sites is 1. The van der Waals surface area contributed by atoms with Gasteiger partial charge in [0.25, 0.3) is 0 Å². The number of aromatic nitrogens is 1. The fourth-order valence-electron chi connectivity index (χ4n) is 2.83. The molecule has 2 aromatic carbocycles. The monoisotopic (exact) mass is 384 g/mol. The Balaban J connectivity index is 1.54. The summed E-state index contributed by atoms with van der Waals surface area (Å²) in [7, 11) is 4.99. The van der Waals surface area contributed by atoms with E-state index in [-0.39, 0.29) is 0 Å². The highest BCUT2D eigenvalue weighted by Gasteiger charge is 2.09. The summed E-state index contributed by atoms with van der Waals surface area (Å²) < 4.78 is 16.1. The summed E-state index contributed by atoms with van der Waals surface area (Å²) in [5.74, 6) is 2.38. The van der Waals surface area contributed by atoms with Crippen LogP contribution < -0.4 is 19.5 Å². The Labute approximate surface area is 163 Å². The highest BCUT2D eigenvalue weighted by Crippen LogP contribution is 2.33. The van der Waals surface area contributed by atoms with Crippen molar-refractivity contribution in [3.05, 3.63) is 59.2 Å². The van der Waals surface area contributed by atoms with Crippen molar-refractivity contribution in [2.75, 3.05) is 27.9 Å². The summed E-state index contributed by atoms with van der Waals surface area (Å²) in [6.45, 7) is 1.60. The molecule has 6 heteroatoms. The highest BCUT2D eigenvalue weighted by atomic mass is 32.1. The third-order valence-electron chi connectivity index (χ3n) is 4.24. The van der Waals surface area contributed by atoms with Gasteiger partial charge in [0.2, 0.25) is 0 Å². The molecule has 0 unspecified atom stereocenters. The summed E-state index contributed by atoms with van der Waals surface area (Å²) in [6.07, 6.45) is 2.82. The van der Waals surface area contributed by atoms with E-state index in [1.54, 1.807) is 32.7 Å². The van der Waals surface area contributed by atoms with Gasteiger partial charge in [0.15, 0.2) is 11.5 Å². The molecule has 0 fully saturated rings. The van der Waals surface area contributed by atoms with Crippen molar-refractivity contribution in [2.24, 2.45) is 0 Å². The topological polar surface area (TPSA) is 52.6 Å². The van der Waals surface area contributed by atoms with Gasteiger partial charge in [-0.1, -0.05) is 18.2 Å². The lowest BCUT2D eigenvalue weighted by molar-refractivity contribution is 0.354. The maximum atomic E-state index is 5.44. The number of benzene rings is 2. The lowest BCUT2D eigenvalue weighted by Gasteiger charge is -2.09. The van der Waals surface area contributed by atoms with E-state index in [9.17, 15) is 0 Å². The Morgan fingerprint density at radius 3 is 2.48 bits per heavy atom. The van der Waals surface area contributed by atoms with Crippen molar-refractivity contribution in [1.29, 1.82) is 0 Å². The Morgan fingerprint density at radius 2 is 1.70 bits per heavy atom. The van der Waals surface area contributed by atoms with Crippen molar-refractivity contribution in [1.82, 2.24) is 10.3 Å². The van der Waals surface area contributed by atoms with Gasteiger partial charge in [-0.05, 0) is 42.8 Å². The van der Waals surface area contributed by atoms with Crippen LogP contribution in [0.3, 0.4) is 0 Å². The standard InChI is InChI=1S/C21H24N2O3S/c1-24-17-7-5-4-6-16(17)20-13-23-21(27-20)14-22-11-10-15-8-9-18(25-2)19(12-15)26-3/h4-9,12-13,22H,10-11,14H2,1-3H3. The second-order valence-corrected chi connectivity index (χ2v) is 7.05. The van der Waals surface area contributed by atoms with Gasteiger partial charge in [-0.25, -0.2) is 4.98 Å². The number of hydrogen-bond donors (Lipinski definition) is 1. The van der Waals surface area contributed by atoms with Crippen LogP contribution in [0.15, 0.2) is 48.7 Å². The molecule has 0 aliphatic rings. The van der Waals surface area contributed by atoms with Gasteiger partial charge in [0.1, 0.15) is 10.8 Å². The first-order chi connectivity index (χ1) is 13.2. The van der Waals surface area contributed by atoms with Gasteiger partial charge >= 0.3 is 0 Å². The van der Waals surface area contributed by atoms with Crippen molar-refractivity contribution >= 4 is 11.3 Å². The first kappa shape index (κ1) is 19.2. The molecule has 27 heavy (non-hydrogen) atoms.